The van der Waals surface area contributed by atoms with Crippen LogP contribution >= 0.6 is 0 Å². The highest BCUT2D eigenvalue weighted by atomic mass is 16.6. The Morgan fingerprint density at radius 3 is 2.14 bits per heavy atom. The summed E-state index contributed by atoms with van der Waals surface area (Å²) in [5, 5.41) is 6.83. The number of nitrogens with one attached hydrogen (secondary N) is 2. The van der Waals surface area contributed by atoms with E-state index < -0.39 is 0 Å². The Labute approximate surface area is 208 Å². The summed E-state index contributed by atoms with van der Waals surface area (Å²) in [6.07, 6.45) is 5.23. The minimum absolute atomic E-state index is 0.0431. The van der Waals surface area contributed by atoms with Gasteiger partial charge in [-0.1, -0.05) is 30.3 Å². The maximum atomic E-state index is 12.3. The van der Waals surface area contributed by atoms with Crippen molar-refractivity contribution in [2.24, 2.45) is 0 Å². The van der Waals surface area contributed by atoms with Gasteiger partial charge in [-0.05, 0) is 68.9 Å². The number of hydrogen-bond acceptors (Lipinski definition) is 5. The molecule has 0 aliphatic carbocycles. The number of carbonyl (C=O) groups is 2. The maximum absolute atomic E-state index is 12.3. The van der Waals surface area contributed by atoms with E-state index in [0.717, 1.165) is 64.0 Å². The fourth-order valence-corrected chi connectivity index (χ4v) is 4.96. The molecule has 2 N–H and O–H groups in total. The lowest BCUT2D eigenvalue weighted by Crippen LogP contribution is -2.50. The summed E-state index contributed by atoms with van der Waals surface area (Å²) >= 11 is 0. The molecule has 2 heterocycles. The van der Waals surface area contributed by atoms with Crippen LogP contribution in [0.4, 0.5) is 16.2 Å². The maximum Gasteiger partial charge on any atom is 0.409 e. The molecule has 7 heteroatoms. The average molecular weight is 479 g/mol. The molecule has 2 aliphatic rings. The van der Waals surface area contributed by atoms with Crippen LogP contribution in [0.1, 0.15) is 44.6 Å². The van der Waals surface area contributed by atoms with E-state index >= 15 is 0 Å². The van der Waals surface area contributed by atoms with Crippen LogP contribution in [0.3, 0.4) is 0 Å². The number of piperidine rings is 2. The van der Waals surface area contributed by atoms with Gasteiger partial charge in [0.05, 0.1) is 6.61 Å². The zero-order valence-electron chi connectivity index (χ0n) is 20.7. The van der Waals surface area contributed by atoms with Crippen molar-refractivity contribution in [3.05, 3.63) is 60.2 Å². The van der Waals surface area contributed by atoms with Gasteiger partial charge in [0.2, 0.25) is 5.91 Å². The standard InChI is InChI=1S/C28H38N4O3/c1-2-35-28(34)32-20-16-25(17-21-32)29-24-14-18-31(19-15-24)26-11-9-23(10-12-26)30-27(33)13-8-22-6-4-3-5-7-22/h3-7,9-12,24-25,29H,2,8,13-21H2,1H3,(H,30,33). The Morgan fingerprint density at radius 1 is 0.886 bits per heavy atom. The molecule has 2 saturated heterocycles. The summed E-state index contributed by atoms with van der Waals surface area (Å²) in [6, 6.07) is 19.3. The zero-order chi connectivity index (χ0) is 24.5. The van der Waals surface area contributed by atoms with Crippen molar-refractivity contribution in [2.45, 2.75) is 57.5 Å². The number of anilines is 2. The molecule has 0 aromatic heterocycles. The van der Waals surface area contributed by atoms with Crippen molar-refractivity contribution in [2.75, 3.05) is 43.0 Å². The van der Waals surface area contributed by atoms with Crippen LogP contribution in [0.25, 0.3) is 0 Å². The highest BCUT2D eigenvalue weighted by molar-refractivity contribution is 5.91. The van der Waals surface area contributed by atoms with Gasteiger partial charge < -0.3 is 25.2 Å². The van der Waals surface area contributed by atoms with Crippen LogP contribution in [0.5, 0.6) is 0 Å². The number of hydrogen-bond donors (Lipinski definition) is 2. The summed E-state index contributed by atoms with van der Waals surface area (Å²) < 4.78 is 5.11. The third-order valence-electron chi connectivity index (χ3n) is 6.99. The lowest BCUT2D eigenvalue weighted by atomic mass is 9.99. The van der Waals surface area contributed by atoms with Crippen molar-refractivity contribution in [3.63, 3.8) is 0 Å². The van der Waals surface area contributed by atoms with Crippen LogP contribution < -0.4 is 15.5 Å². The van der Waals surface area contributed by atoms with Gasteiger partial charge in [0.1, 0.15) is 0 Å². The van der Waals surface area contributed by atoms with Gasteiger partial charge in [-0.15, -0.1) is 0 Å². The van der Waals surface area contributed by atoms with Gasteiger partial charge in [-0.25, -0.2) is 4.79 Å². The van der Waals surface area contributed by atoms with Crippen molar-refractivity contribution in [1.82, 2.24) is 10.2 Å². The first kappa shape index (κ1) is 25.0. The molecule has 0 bridgehead atoms. The second-order valence-corrected chi connectivity index (χ2v) is 9.47. The Morgan fingerprint density at radius 2 is 1.51 bits per heavy atom. The minimum atomic E-state index is -0.183. The first-order valence-electron chi connectivity index (χ1n) is 13.0. The molecule has 2 aliphatic heterocycles. The van der Waals surface area contributed by atoms with E-state index in [-0.39, 0.29) is 12.0 Å². The molecule has 4 rings (SSSR count). The number of rotatable bonds is 8. The van der Waals surface area contributed by atoms with E-state index in [1.165, 1.54) is 11.3 Å². The van der Waals surface area contributed by atoms with Gasteiger partial charge in [-0.3, -0.25) is 4.79 Å². The number of nitrogens with zero attached hydrogens (tertiary/aromatic N) is 2. The third kappa shape index (κ3) is 7.46. The average Bonchev–Trinajstić information content (AvgIpc) is 2.90. The van der Waals surface area contributed by atoms with Gasteiger partial charge >= 0.3 is 6.09 Å². The lowest BCUT2D eigenvalue weighted by molar-refractivity contribution is -0.116. The van der Waals surface area contributed by atoms with Crippen LogP contribution in [0.15, 0.2) is 54.6 Å². The fourth-order valence-electron chi connectivity index (χ4n) is 4.96. The first-order valence-corrected chi connectivity index (χ1v) is 13.0. The molecule has 2 aromatic carbocycles. The lowest BCUT2D eigenvalue weighted by Gasteiger charge is -2.38. The Bertz CT molecular complexity index is 934. The predicted octanol–water partition coefficient (Wildman–Crippen LogP) is 4.44. The Kier molecular flexibility index (Phi) is 9.01. The molecular weight excluding hydrogens is 440 g/mol. The van der Waals surface area contributed by atoms with Gasteiger partial charge in [0.25, 0.3) is 0 Å². The number of amides is 2. The Hall–Kier alpha value is -3.06. The monoisotopic (exact) mass is 478 g/mol. The molecule has 35 heavy (non-hydrogen) atoms. The molecule has 2 aromatic rings. The van der Waals surface area contributed by atoms with Crippen LogP contribution in [0, 0.1) is 0 Å². The molecule has 188 valence electrons. The minimum Gasteiger partial charge on any atom is -0.450 e. The molecule has 2 fully saturated rings. The number of benzene rings is 2. The van der Waals surface area contributed by atoms with Crippen LogP contribution in [-0.4, -0.2) is 61.8 Å². The van der Waals surface area contributed by atoms with E-state index in [1.54, 1.807) is 0 Å². The first-order chi connectivity index (χ1) is 17.1. The van der Waals surface area contributed by atoms with Crippen LogP contribution in [0.2, 0.25) is 0 Å². The number of aryl methyl sites for hydroxylation is 1. The van der Waals surface area contributed by atoms with Crippen molar-refractivity contribution in [1.29, 1.82) is 0 Å². The second kappa shape index (κ2) is 12.6. The van der Waals surface area contributed by atoms with E-state index in [1.807, 2.05) is 42.2 Å². The highest BCUT2D eigenvalue weighted by Gasteiger charge is 2.27. The van der Waals surface area contributed by atoms with Gasteiger partial charge in [-0.2, -0.15) is 0 Å². The molecule has 0 saturated carbocycles. The summed E-state index contributed by atoms with van der Waals surface area (Å²) in [5.74, 6) is 0.0431. The summed E-state index contributed by atoms with van der Waals surface area (Å²) in [7, 11) is 0. The quantitative estimate of drug-likeness (QED) is 0.587. The van der Waals surface area contributed by atoms with E-state index in [4.69, 9.17) is 4.74 Å². The summed E-state index contributed by atoms with van der Waals surface area (Å²) in [4.78, 5) is 28.4. The normalized spacial score (nSPS) is 17.3. The van der Waals surface area contributed by atoms with Crippen molar-refractivity contribution < 1.29 is 14.3 Å². The molecule has 0 unspecified atom stereocenters. The molecule has 0 atom stereocenters. The topological polar surface area (TPSA) is 73.9 Å². The summed E-state index contributed by atoms with van der Waals surface area (Å²) in [5.41, 5.74) is 3.23. The molecule has 2 amide bonds. The van der Waals surface area contributed by atoms with Gasteiger partial charge in [0, 0.05) is 56.1 Å². The molecule has 0 spiro atoms. The largest absolute Gasteiger partial charge is 0.450 e. The third-order valence-corrected chi connectivity index (χ3v) is 6.99. The summed E-state index contributed by atoms with van der Waals surface area (Å²) in [6.45, 7) is 5.85. The van der Waals surface area contributed by atoms with Crippen molar-refractivity contribution in [3.8, 4) is 0 Å². The zero-order valence-corrected chi connectivity index (χ0v) is 20.7. The highest BCUT2D eigenvalue weighted by Crippen LogP contribution is 2.23. The molecule has 7 nitrogen and oxygen atoms in total. The van der Waals surface area contributed by atoms with E-state index in [2.05, 4.69) is 39.8 Å². The van der Waals surface area contributed by atoms with Gasteiger partial charge in [0.15, 0.2) is 0 Å². The van der Waals surface area contributed by atoms with E-state index in [0.29, 0.717) is 25.1 Å². The number of carbonyl (C=O) groups excluding carboxylic acids is 2. The number of ether oxygens (including phenoxy) is 1. The number of likely N-dealkylation sites (tertiary alicyclic amines) is 1. The van der Waals surface area contributed by atoms with E-state index in [9.17, 15) is 9.59 Å². The Balaban J connectivity index is 1.16. The van der Waals surface area contributed by atoms with Crippen molar-refractivity contribution >= 4 is 23.4 Å². The molecular formula is C28H38N4O3. The van der Waals surface area contributed by atoms with Crippen LogP contribution in [-0.2, 0) is 16.0 Å². The fraction of sp³-hybridized carbons (Fsp3) is 0.500. The predicted molar refractivity (Wildman–Crippen MR) is 140 cm³/mol. The smallest absolute Gasteiger partial charge is 0.409 e. The second-order valence-electron chi connectivity index (χ2n) is 9.47. The SMILES string of the molecule is CCOC(=O)N1CCC(NC2CCN(c3ccc(NC(=O)CCc4ccccc4)cc3)CC2)CC1. The molecule has 0 radical (unpaired) electrons.